The Labute approximate surface area is 258 Å². The Balaban J connectivity index is 1.70. The van der Waals surface area contributed by atoms with Gasteiger partial charge < -0.3 is 30.5 Å². The van der Waals surface area contributed by atoms with E-state index < -0.39 is 41.8 Å². The number of hydrogen-bond donors (Lipinski definition) is 4. The minimum Gasteiger partial charge on any atom is -0.445 e. The van der Waals surface area contributed by atoms with Crippen LogP contribution in [0.15, 0.2) is 72.8 Å². The smallest absolute Gasteiger partial charge is 0.408 e. The van der Waals surface area contributed by atoms with Gasteiger partial charge in [-0.15, -0.1) is 0 Å². The molecule has 3 aromatic rings. The van der Waals surface area contributed by atoms with Crippen LogP contribution in [0.5, 0.6) is 0 Å². The molecule has 4 N–H and O–H groups in total. The lowest BCUT2D eigenvalue weighted by Gasteiger charge is -2.27. The van der Waals surface area contributed by atoms with Crippen molar-refractivity contribution in [1.29, 1.82) is 0 Å². The molecule has 0 bridgehead atoms. The van der Waals surface area contributed by atoms with Crippen LogP contribution in [-0.4, -0.2) is 55.1 Å². The first-order chi connectivity index (χ1) is 21.3. The van der Waals surface area contributed by atoms with E-state index in [9.17, 15) is 23.5 Å². The van der Waals surface area contributed by atoms with Crippen molar-refractivity contribution >= 4 is 12.0 Å². The summed E-state index contributed by atoms with van der Waals surface area (Å²) >= 11 is 0. The molecule has 3 aromatic carbocycles. The van der Waals surface area contributed by atoms with Gasteiger partial charge in [-0.1, -0.05) is 74.9 Å². The van der Waals surface area contributed by atoms with Crippen molar-refractivity contribution in [1.82, 2.24) is 16.0 Å². The Bertz CT molecular complexity index is 1290. The van der Waals surface area contributed by atoms with Crippen molar-refractivity contribution in [3.05, 3.63) is 107 Å². The number of halogens is 2. The summed E-state index contributed by atoms with van der Waals surface area (Å²) in [5.74, 6) is -2.16. The highest BCUT2D eigenvalue weighted by atomic mass is 19.1. The summed E-state index contributed by atoms with van der Waals surface area (Å²) in [4.78, 5) is 26.1. The number of carbonyl (C=O) groups is 2. The van der Waals surface area contributed by atoms with E-state index in [1.54, 1.807) is 12.1 Å². The van der Waals surface area contributed by atoms with Crippen LogP contribution in [0.2, 0.25) is 0 Å². The molecule has 0 heterocycles. The zero-order valence-corrected chi connectivity index (χ0v) is 25.4. The molecule has 0 spiro atoms. The van der Waals surface area contributed by atoms with Gasteiger partial charge in [-0.3, -0.25) is 4.79 Å². The van der Waals surface area contributed by atoms with E-state index in [0.29, 0.717) is 13.2 Å². The van der Waals surface area contributed by atoms with Crippen molar-refractivity contribution < 1.29 is 33.0 Å². The van der Waals surface area contributed by atoms with Crippen LogP contribution in [0.25, 0.3) is 0 Å². The fraction of sp³-hybridized carbons (Fsp3) is 0.412. The van der Waals surface area contributed by atoms with Gasteiger partial charge in [0.05, 0.1) is 18.8 Å². The standard InChI is InChI=1S/C34H43F2N3O5/c1-3-5-14-43-23-31(39-34(42)44-22-25-10-7-6-8-11-25)33(41)38-30(18-27-16-28(35)19-29(36)17-27)32(40)21-37-20-26-13-9-12-24(4-2)15-26/h6-13,15-17,19,30-32,37,40H,3-5,14,18,20-23H2,1-2H3,(H,38,41)(H,39,42)/t30-,31+,32+/m0/s1. The Morgan fingerprint density at radius 2 is 1.57 bits per heavy atom. The first kappa shape index (κ1) is 34.6. The van der Waals surface area contributed by atoms with Gasteiger partial charge in [0.1, 0.15) is 24.3 Å². The largest absolute Gasteiger partial charge is 0.445 e. The van der Waals surface area contributed by atoms with E-state index in [-0.39, 0.29) is 31.7 Å². The van der Waals surface area contributed by atoms with Gasteiger partial charge in [-0.2, -0.15) is 0 Å². The second-order valence-electron chi connectivity index (χ2n) is 10.7. The number of nitrogens with one attached hydrogen (secondary N) is 3. The highest BCUT2D eigenvalue weighted by Gasteiger charge is 2.28. The van der Waals surface area contributed by atoms with Crippen LogP contribution in [0.3, 0.4) is 0 Å². The number of hydrogen-bond acceptors (Lipinski definition) is 6. The van der Waals surface area contributed by atoms with Gasteiger partial charge in [-0.05, 0) is 53.6 Å². The van der Waals surface area contributed by atoms with Gasteiger partial charge in [0.2, 0.25) is 5.91 Å². The fourth-order valence-corrected chi connectivity index (χ4v) is 4.55. The first-order valence-electron chi connectivity index (χ1n) is 15.0. The normalized spacial score (nSPS) is 13.1. The summed E-state index contributed by atoms with van der Waals surface area (Å²) < 4.78 is 38.9. The molecule has 0 saturated carbocycles. The van der Waals surface area contributed by atoms with E-state index >= 15 is 0 Å². The Kier molecular flexibility index (Phi) is 14.7. The van der Waals surface area contributed by atoms with Gasteiger partial charge >= 0.3 is 6.09 Å². The molecule has 0 radical (unpaired) electrons. The van der Waals surface area contributed by atoms with Gasteiger partial charge in [0, 0.05) is 25.8 Å². The minimum atomic E-state index is -1.14. The molecule has 0 fully saturated rings. The summed E-state index contributed by atoms with van der Waals surface area (Å²) in [6.45, 7) is 4.90. The second kappa shape index (κ2) is 18.7. The third-order valence-electron chi connectivity index (χ3n) is 7.00. The average molecular weight is 612 g/mol. The zero-order valence-electron chi connectivity index (χ0n) is 25.4. The molecule has 10 heteroatoms. The number of aryl methyl sites for hydroxylation is 1. The number of aliphatic hydroxyl groups excluding tert-OH is 1. The number of carbonyl (C=O) groups excluding carboxylic acids is 2. The molecule has 3 rings (SSSR count). The second-order valence-corrected chi connectivity index (χ2v) is 10.7. The zero-order chi connectivity index (χ0) is 31.7. The predicted molar refractivity (Wildman–Crippen MR) is 165 cm³/mol. The number of alkyl carbamates (subject to hydrolysis) is 1. The van der Waals surface area contributed by atoms with Crippen LogP contribution in [0.4, 0.5) is 13.6 Å². The van der Waals surface area contributed by atoms with Gasteiger partial charge in [0.15, 0.2) is 0 Å². The maximum Gasteiger partial charge on any atom is 0.408 e. The molecule has 238 valence electrons. The average Bonchev–Trinajstić information content (AvgIpc) is 3.01. The monoisotopic (exact) mass is 611 g/mol. The Morgan fingerprint density at radius 1 is 0.864 bits per heavy atom. The van der Waals surface area contributed by atoms with Crippen molar-refractivity contribution in [2.75, 3.05) is 19.8 Å². The number of unbranched alkanes of at least 4 members (excludes halogenated alkanes) is 1. The molecule has 0 unspecified atom stereocenters. The summed E-state index contributed by atoms with van der Waals surface area (Å²) in [6, 6.07) is 18.1. The van der Waals surface area contributed by atoms with Crippen LogP contribution in [0, 0.1) is 11.6 Å². The summed E-state index contributed by atoms with van der Waals surface area (Å²) in [6.07, 6.45) is 0.547. The lowest BCUT2D eigenvalue weighted by atomic mass is 10.00. The van der Waals surface area contributed by atoms with Crippen LogP contribution in [-0.2, 0) is 40.3 Å². The van der Waals surface area contributed by atoms with Crippen molar-refractivity contribution in [3.8, 4) is 0 Å². The number of rotatable bonds is 18. The third kappa shape index (κ3) is 12.4. The van der Waals surface area contributed by atoms with E-state index in [4.69, 9.17) is 9.47 Å². The number of amides is 2. The highest BCUT2D eigenvalue weighted by Crippen LogP contribution is 2.13. The molecule has 8 nitrogen and oxygen atoms in total. The molecule has 44 heavy (non-hydrogen) atoms. The van der Waals surface area contributed by atoms with Crippen molar-refractivity contribution in [2.24, 2.45) is 0 Å². The van der Waals surface area contributed by atoms with Crippen LogP contribution in [0.1, 0.15) is 48.9 Å². The van der Waals surface area contributed by atoms with Crippen LogP contribution >= 0.6 is 0 Å². The molecule has 0 aliphatic rings. The first-order valence-corrected chi connectivity index (χ1v) is 15.0. The fourth-order valence-electron chi connectivity index (χ4n) is 4.55. The van der Waals surface area contributed by atoms with E-state index in [0.717, 1.165) is 48.6 Å². The number of ether oxygens (including phenoxy) is 2. The molecule has 0 aliphatic heterocycles. The molecule has 0 aromatic heterocycles. The van der Waals surface area contributed by atoms with Crippen molar-refractivity contribution in [2.45, 2.75) is 70.9 Å². The summed E-state index contributed by atoms with van der Waals surface area (Å²) in [5.41, 5.74) is 3.26. The highest BCUT2D eigenvalue weighted by molar-refractivity contribution is 5.86. The number of aliphatic hydroxyl groups is 1. The maximum atomic E-state index is 14.0. The van der Waals surface area contributed by atoms with Gasteiger partial charge in [0.25, 0.3) is 0 Å². The molecule has 2 amide bonds. The number of benzene rings is 3. The summed E-state index contributed by atoms with van der Waals surface area (Å²) in [5, 5.41) is 19.7. The van der Waals surface area contributed by atoms with Crippen LogP contribution < -0.4 is 16.0 Å². The lowest BCUT2D eigenvalue weighted by molar-refractivity contribution is -0.126. The van der Waals surface area contributed by atoms with Gasteiger partial charge in [-0.25, -0.2) is 13.6 Å². The maximum absolute atomic E-state index is 14.0. The molecular weight excluding hydrogens is 568 g/mol. The van der Waals surface area contributed by atoms with E-state index in [1.807, 2.05) is 43.3 Å². The Morgan fingerprint density at radius 3 is 2.27 bits per heavy atom. The SMILES string of the molecule is CCCCOC[C@@H](NC(=O)OCc1ccccc1)C(=O)N[C@@H](Cc1cc(F)cc(F)c1)[C@H](O)CNCc1cccc(CC)c1. The third-order valence-corrected chi connectivity index (χ3v) is 7.00. The molecule has 0 aliphatic carbocycles. The predicted octanol–water partition coefficient (Wildman–Crippen LogP) is 4.82. The molecule has 3 atom stereocenters. The van der Waals surface area contributed by atoms with E-state index in [1.165, 1.54) is 5.56 Å². The van der Waals surface area contributed by atoms with E-state index in [2.05, 4.69) is 28.9 Å². The lowest BCUT2D eigenvalue weighted by Crippen LogP contribution is -2.56. The Hall–Kier alpha value is -3.86. The minimum absolute atomic E-state index is 0.0109. The molecule has 0 saturated heterocycles. The summed E-state index contributed by atoms with van der Waals surface area (Å²) in [7, 11) is 0. The quantitative estimate of drug-likeness (QED) is 0.154. The molecular formula is C34H43F2N3O5. The van der Waals surface area contributed by atoms with Crippen molar-refractivity contribution in [3.63, 3.8) is 0 Å². The topological polar surface area (TPSA) is 109 Å².